The van der Waals surface area contributed by atoms with Crippen LogP contribution in [0.1, 0.15) is 32.1 Å². The fourth-order valence-electron chi connectivity index (χ4n) is 3.49. The number of piperidine rings is 2. The molecule has 0 saturated carbocycles. The molecule has 5 unspecified atom stereocenters. The summed E-state index contributed by atoms with van der Waals surface area (Å²) in [4.78, 5) is 14.0. The molecule has 3 heteroatoms. The van der Waals surface area contributed by atoms with E-state index in [1.807, 2.05) is 0 Å². The zero-order valence-electron chi connectivity index (χ0n) is 8.32. The molecule has 0 aromatic carbocycles. The number of hydrogen-bond acceptors (Lipinski definition) is 3. The molecule has 0 N–H and O–H groups in total. The third-order valence-electron chi connectivity index (χ3n) is 4.21. The van der Waals surface area contributed by atoms with Crippen LogP contribution in [0.2, 0.25) is 0 Å². The van der Waals surface area contributed by atoms with Gasteiger partial charge in [-0.2, -0.15) is 0 Å². The van der Waals surface area contributed by atoms with Gasteiger partial charge in [0.15, 0.2) is 0 Å². The van der Waals surface area contributed by atoms with E-state index in [1.165, 1.54) is 0 Å². The first-order chi connectivity index (χ1) is 6.74. The van der Waals surface area contributed by atoms with E-state index in [1.54, 1.807) is 0 Å². The van der Waals surface area contributed by atoms with Crippen molar-refractivity contribution >= 4 is 5.78 Å². The zero-order valence-corrected chi connectivity index (χ0v) is 8.32. The topological polar surface area (TPSA) is 43.4 Å². The molecule has 4 saturated heterocycles. The van der Waals surface area contributed by atoms with Crippen LogP contribution in [0.5, 0.6) is 0 Å². The van der Waals surface area contributed by atoms with Gasteiger partial charge in [0, 0.05) is 18.0 Å². The second kappa shape index (κ2) is 3.04. The Bertz CT molecular complexity index is 258. The van der Waals surface area contributed by atoms with Gasteiger partial charge in [-0.05, 0) is 19.3 Å². The summed E-state index contributed by atoms with van der Waals surface area (Å²) in [5.41, 5.74) is 0. The van der Waals surface area contributed by atoms with E-state index in [0.717, 1.165) is 32.1 Å². The van der Waals surface area contributed by atoms with Crippen molar-refractivity contribution in [3.05, 3.63) is 0 Å². The number of hydrogen-bond donors (Lipinski definition) is 0. The van der Waals surface area contributed by atoms with Crippen LogP contribution in [0, 0.1) is 5.92 Å². The van der Waals surface area contributed by atoms with Crippen molar-refractivity contribution in [2.75, 3.05) is 6.54 Å². The molecule has 4 aliphatic heterocycles. The van der Waals surface area contributed by atoms with Crippen LogP contribution in [0.15, 0.2) is 0 Å². The summed E-state index contributed by atoms with van der Waals surface area (Å²) in [6, 6.07) is 0.856. The minimum absolute atomic E-state index is 0.284. The standard InChI is InChI=1S/C11H16NO2/c13-10-4-8-2-1-7-3-9(5-10)12(8)6-11(7)14/h7-10H,1-6H2/q-1. The quantitative estimate of drug-likeness (QED) is 0.542. The highest BCUT2D eigenvalue weighted by Crippen LogP contribution is 2.38. The van der Waals surface area contributed by atoms with Crippen molar-refractivity contribution in [1.82, 2.24) is 4.90 Å². The van der Waals surface area contributed by atoms with E-state index in [4.69, 9.17) is 0 Å². The van der Waals surface area contributed by atoms with Crippen molar-refractivity contribution < 1.29 is 9.90 Å². The minimum Gasteiger partial charge on any atom is -0.852 e. The van der Waals surface area contributed by atoms with Gasteiger partial charge in [-0.1, -0.05) is 12.8 Å². The fourth-order valence-corrected chi connectivity index (χ4v) is 3.49. The molecule has 4 rings (SSSR count). The second-order valence-corrected chi connectivity index (χ2v) is 5.05. The Morgan fingerprint density at radius 2 is 1.93 bits per heavy atom. The van der Waals surface area contributed by atoms with E-state index < -0.39 is 0 Å². The highest BCUT2D eigenvalue weighted by atomic mass is 16.3. The number of ketones is 1. The van der Waals surface area contributed by atoms with E-state index in [9.17, 15) is 9.90 Å². The van der Waals surface area contributed by atoms with E-state index in [2.05, 4.69) is 4.90 Å². The third kappa shape index (κ3) is 1.22. The number of rotatable bonds is 0. The van der Waals surface area contributed by atoms with Gasteiger partial charge >= 0.3 is 0 Å². The maximum atomic E-state index is 11.7. The van der Waals surface area contributed by atoms with Gasteiger partial charge in [0.1, 0.15) is 5.78 Å². The molecule has 0 spiro atoms. The number of carbonyl (C=O) groups excluding carboxylic acids is 1. The number of carbonyl (C=O) groups is 1. The number of nitrogens with zero attached hydrogens (tertiary/aromatic N) is 1. The maximum Gasteiger partial charge on any atom is 0.149 e. The van der Waals surface area contributed by atoms with Crippen molar-refractivity contribution in [2.24, 2.45) is 5.92 Å². The highest BCUT2D eigenvalue weighted by Gasteiger charge is 2.43. The molecule has 0 aromatic heterocycles. The zero-order chi connectivity index (χ0) is 9.71. The Kier molecular flexibility index (Phi) is 1.92. The van der Waals surface area contributed by atoms with Crippen molar-refractivity contribution in [2.45, 2.75) is 50.3 Å². The van der Waals surface area contributed by atoms with E-state index >= 15 is 0 Å². The molecule has 5 atom stereocenters. The molecule has 14 heavy (non-hydrogen) atoms. The van der Waals surface area contributed by atoms with Crippen LogP contribution in [0.25, 0.3) is 0 Å². The van der Waals surface area contributed by atoms with Crippen molar-refractivity contribution in [1.29, 1.82) is 0 Å². The summed E-state index contributed by atoms with van der Waals surface area (Å²) < 4.78 is 0. The molecule has 4 fully saturated rings. The van der Waals surface area contributed by atoms with Crippen LogP contribution < -0.4 is 5.11 Å². The number of fused-ring (bicyclic) bond motifs is 2. The number of Topliss-reactive ketones (excluding diaryl/α,β-unsaturated/α-hetero) is 1. The third-order valence-corrected chi connectivity index (χ3v) is 4.21. The second-order valence-electron chi connectivity index (χ2n) is 5.05. The lowest BCUT2D eigenvalue weighted by Gasteiger charge is -2.48. The van der Waals surface area contributed by atoms with Gasteiger partial charge in [-0.15, -0.1) is 6.10 Å². The molecule has 0 aromatic rings. The van der Waals surface area contributed by atoms with Crippen LogP contribution in [0.3, 0.4) is 0 Å². The van der Waals surface area contributed by atoms with Gasteiger partial charge in [0.25, 0.3) is 0 Å². The Balaban J connectivity index is 1.90. The normalized spacial score (nSPS) is 51.8. The Hall–Kier alpha value is -0.410. The molecule has 0 radical (unpaired) electrons. The molecular formula is C11H16NO2-. The first-order valence-electron chi connectivity index (χ1n) is 5.68. The van der Waals surface area contributed by atoms with Crippen LogP contribution in [-0.4, -0.2) is 35.4 Å². The average molecular weight is 194 g/mol. The van der Waals surface area contributed by atoms with Crippen LogP contribution in [0.4, 0.5) is 0 Å². The summed E-state index contributed by atoms with van der Waals surface area (Å²) in [6.45, 7) is 0.632. The molecule has 0 amide bonds. The van der Waals surface area contributed by atoms with Crippen LogP contribution in [-0.2, 0) is 4.79 Å². The largest absolute Gasteiger partial charge is 0.852 e. The summed E-state index contributed by atoms with van der Waals surface area (Å²) >= 11 is 0. The van der Waals surface area contributed by atoms with Crippen molar-refractivity contribution in [3.63, 3.8) is 0 Å². The first-order valence-corrected chi connectivity index (χ1v) is 5.68. The predicted octanol–water partition coefficient (Wildman–Crippen LogP) is -0.0689. The van der Waals surface area contributed by atoms with Gasteiger partial charge in [-0.3, -0.25) is 9.69 Å². The SMILES string of the molecule is O=C1CN2C3CCC1CC2CC([O-])C3. The van der Waals surface area contributed by atoms with Gasteiger partial charge in [0.05, 0.1) is 6.54 Å². The Morgan fingerprint density at radius 1 is 1.14 bits per heavy atom. The monoisotopic (exact) mass is 194 g/mol. The molecule has 4 heterocycles. The first kappa shape index (κ1) is 8.86. The van der Waals surface area contributed by atoms with Crippen molar-refractivity contribution in [3.8, 4) is 0 Å². The lowest BCUT2D eigenvalue weighted by molar-refractivity contribution is -0.431. The predicted molar refractivity (Wildman–Crippen MR) is 49.7 cm³/mol. The molecule has 78 valence electrons. The highest BCUT2D eigenvalue weighted by molar-refractivity contribution is 5.84. The van der Waals surface area contributed by atoms with Gasteiger partial charge in [0.2, 0.25) is 0 Å². The minimum atomic E-state index is -0.367. The lowest BCUT2D eigenvalue weighted by Crippen LogP contribution is -2.56. The fraction of sp³-hybridized carbons (Fsp3) is 0.909. The summed E-state index contributed by atoms with van der Waals surface area (Å²) in [5, 5.41) is 11.6. The maximum absolute atomic E-state index is 11.7. The summed E-state index contributed by atoms with van der Waals surface area (Å²) in [7, 11) is 0. The lowest BCUT2D eigenvalue weighted by atomic mass is 9.85. The summed E-state index contributed by atoms with van der Waals surface area (Å²) in [5.74, 6) is 0.708. The smallest absolute Gasteiger partial charge is 0.149 e. The average Bonchev–Trinajstić information content (AvgIpc) is 2.35. The van der Waals surface area contributed by atoms with E-state index in [-0.39, 0.29) is 12.0 Å². The molecule has 3 nitrogen and oxygen atoms in total. The molecule has 0 aliphatic carbocycles. The Morgan fingerprint density at radius 3 is 2.79 bits per heavy atom. The van der Waals surface area contributed by atoms with Crippen LogP contribution >= 0.6 is 0 Å². The molecule has 4 aliphatic rings. The summed E-state index contributed by atoms with van der Waals surface area (Å²) in [6.07, 6.45) is 4.26. The molecular weight excluding hydrogens is 178 g/mol. The Labute approximate surface area is 84.1 Å². The molecule has 4 bridgehead atoms. The van der Waals surface area contributed by atoms with E-state index in [0.29, 0.717) is 24.4 Å². The van der Waals surface area contributed by atoms with Gasteiger partial charge in [-0.25, -0.2) is 0 Å². The van der Waals surface area contributed by atoms with Gasteiger partial charge < -0.3 is 5.11 Å².